The van der Waals surface area contributed by atoms with Crippen LogP contribution in [-0.4, -0.2) is 59.9 Å². The van der Waals surface area contributed by atoms with E-state index >= 15 is 4.39 Å². The monoisotopic (exact) mass is 469 g/mol. The Balaban J connectivity index is 1.37. The Morgan fingerprint density at radius 2 is 1.88 bits per heavy atom. The number of fused-ring (bicyclic) bond motifs is 1. The molecule has 1 atom stereocenters. The van der Waals surface area contributed by atoms with Crippen LogP contribution in [0, 0.1) is 5.82 Å². The number of carbonyl (C=O) groups is 3. The van der Waals surface area contributed by atoms with Gasteiger partial charge in [-0.3, -0.25) is 24.6 Å². The summed E-state index contributed by atoms with van der Waals surface area (Å²) >= 11 is 0. The minimum atomic E-state index is -2.36. The van der Waals surface area contributed by atoms with Crippen molar-refractivity contribution in [3.8, 4) is 5.75 Å². The molecule has 0 aromatic heterocycles. The number of hydrogen-bond donors (Lipinski definition) is 1. The molecule has 8 nitrogen and oxygen atoms in total. The molecule has 1 N–H and O–H groups in total. The number of nitrogens with one attached hydrogen (secondary N) is 1. The van der Waals surface area contributed by atoms with Crippen LogP contribution in [0.5, 0.6) is 5.75 Å². The Hall–Kier alpha value is -3.30. The van der Waals surface area contributed by atoms with Gasteiger partial charge >= 0.3 is 0 Å². The highest BCUT2D eigenvalue weighted by Gasteiger charge is 2.40. The number of carbonyl (C=O) groups excluding carboxylic acids is 3. The number of benzene rings is 2. The lowest BCUT2D eigenvalue weighted by atomic mass is 10.0. The van der Waals surface area contributed by atoms with Crippen LogP contribution in [0.1, 0.15) is 42.6 Å². The molecule has 3 heterocycles. The standard InChI is InChI=1S/C25H26FN3O5/c26-23-16(13-28-9-11-33-12-10-28)3-1-4-17(23)15-34-21-6-2-5-18-19(21)14-29(25(18)32)20-7-8-22(30)27-24(20)31/h1-6,20H,7-15H2,(H,27,30,31)/i14D2. The number of halogens is 1. The normalized spacial score (nSPS) is 23.3. The van der Waals surface area contributed by atoms with Crippen LogP contribution in [0.3, 0.4) is 0 Å². The third-order valence-corrected chi connectivity index (χ3v) is 6.27. The minimum absolute atomic E-state index is 0.00965. The Labute approximate surface area is 199 Å². The van der Waals surface area contributed by atoms with Crippen molar-refractivity contribution in [2.24, 2.45) is 0 Å². The van der Waals surface area contributed by atoms with Crippen LogP contribution in [0.2, 0.25) is 0 Å². The predicted octanol–water partition coefficient (Wildman–Crippen LogP) is 2.00. The fourth-order valence-electron chi connectivity index (χ4n) is 4.42. The summed E-state index contributed by atoms with van der Waals surface area (Å²) in [5, 5.41) is 2.17. The molecule has 9 heteroatoms. The van der Waals surface area contributed by atoms with Gasteiger partial charge in [0.05, 0.1) is 22.5 Å². The third kappa shape index (κ3) is 4.41. The number of hydrogen-bond acceptors (Lipinski definition) is 6. The average Bonchev–Trinajstić information content (AvgIpc) is 3.06. The summed E-state index contributed by atoms with van der Waals surface area (Å²) in [5.41, 5.74) is 0.907. The first-order valence-electron chi connectivity index (χ1n) is 12.3. The molecule has 0 radical (unpaired) electrons. The van der Waals surface area contributed by atoms with E-state index in [9.17, 15) is 14.4 Å². The van der Waals surface area contributed by atoms with Crippen LogP contribution in [0.25, 0.3) is 0 Å². The van der Waals surface area contributed by atoms with Crippen molar-refractivity contribution in [1.29, 1.82) is 0 Å². The van der Waals surface area contributed by atoms with E-state index < -0.39 is 30.3 Å². The van der Waals surface area contributed by atoms with Crippen molar-refractivity contribution in [1.82, 2.24) is 15.1 Å². The first-order chi connectivity index (χ1) is 17.3. The number of nitrogens with zero attached hydrogens (tertiary/aromatic N) is 2. The molecule has 2 saturated heterocycles. The predicted molar refractivity (Wildman–Crippen MR) is 119 cm³/mol. The fourth-order valence-corrected chi connectivity index (χ4v) is 4.42. The number of amides is 3. The van der Waals surface area contributed by atoms with Gasteiger partial charge in [0.25, 0.3) is 5.91 Å². The molecular formula is C25H26FN3O5. The van der Waals surface area contributed by atoms with Crippen LogP contribution in [-0.2, 0) is 34.0 Å². The van der Waals surface area contributed by atoms with Crippen molar-refractivity contribution in [2.75, 3.05) is 26.3 Å². The summed E-state index contributed by atoms with van der Waals surface area (Å²) in [5.74, 6) is -2.12. The highest BCUT2D eigenvalue weighted by Crippen LogP contribution is 2.34. The summed E-state index contributed by atoms with van der Waals surface area (Å²) < 4.78 is 43.9. The maximum absolute atomic E-state index is 15.3. The largest absolute Gasteiger partial charge is 0.488 e. The highest BCUT2D eigenvalue weighted by atomic mass is 19.1. The first-order valence-corrected chi connectivity index (χ1v) is 11.3. The van der Waals surface area contributed by atoms with Gasteiger partial charge in [-0.15, -0.1) is 0 Å². The maximum atomic E-state index is 15.3. The molecule has 2 fully saturated rings. The Kier molecular flexibility index (Phi) is 5.63. The Morgan fingerprint density at radius 3 is 2.68 bits per heavy atom. The molecule has 2 aromatic carbocycles. The van der Waals surface area contributed by atoms with Gasteiger partial charge in [0.2, 0.25) is 11.8 Å². The van der Waals surface area contributed by atoms with E-state index in [0.29, 0.717) is 30.9 Å². The van der Waals surface area contributed by atoms with E-state index in [0.717, 1.165) is 18.0 Å². The topological polar surface area (TPSA) is 88.2 Å². The zero-order valence-corrected chi connectivity index (χ0v) is 18.5. The second-order valence-electron chi connectivity index (χ2n) is 8.50. The van der Waals surface area contributed by atoms with Crippen LogP contribution in [0.4, 0.5) is 4.39 Å². The molecule has 0 saturated carbocycles. The smallest absolute Gasteiger partial charge is 0.255 e. The lowest BCUT2D eigenvalue weighted by Crippen LogP contribution is -2.52. The van der Waals surface area contributed by atoms with Crippen molar-refractivity contribution in [3.05, 3.63) is 64.5 Å². The van der Waals surface area contributed by atoms with E-state index in [1.54, 1.807) is 24.3 Å². The fraction of sp³-hybridized carbons (Fsp3) is 0.400. The van der Waals surface area contributed by atoms with Crippen molar-refractivity contribution in [2.45, 2.75) is 38.5 Å². The van der Waals surface area contributed by atoms with E-state index in [4.69, 9.17) is 12.2 Å². The zero-order chi connectivity index (χ0) is 25.4. The molecule has 0 aliphatic carbocycles. The molecule has 3 aliphatic rings. The lowest BCUT2D eigenvalue weighted by Gasteiger charge is -2.29. The average molecular weight is 470 g/mol. The molecule has 0 spiro atoms. The van der Waals surface area contributed by atoms with Crippen molar-refractivity contribution >= 4 is 17.7 Å². The molecule has 1 unspecified atom stereocenters. The second-order valence-corrected chi connectivity index (χ2v) is 8.50. The molecule has 178 valence electrons. The van der Waals surface area contributed by atoms with Gasteiger partial charge in [-0.2, -0.15) is 0 Å². The molecule has 34 heavy (non-hydrogen) atoms. The molecule has 3 aliphatic heterocycles. The maximum Gasteiger partial charge on any atom is 0.255 e. The van der Waals surface area contributed by atoms with Gasteiger partial charge in [0, 0.05) is 48.3 Å². The SMILES string of the molecule is [2H]C1([2H])c2c(OCc3cccc(CN4CCOCC4)c3F)cccc2C(=O)N1C1CCC(=O)NC1=O. The van der Waals surface area contributed by atoms with Crippen LogP contribution < -0.4 is 10.1 Å². The van der Waals surface area contributed by atoms with Gasteiger partial charge in [0.1, 0.15) is 24.2 Å². The summed E-state index contributed by atoms with van der Waals surface area (Å²) in [6.45, 7) is 0.595. The Bertz CT molecular complexity index is 1220. The van der Waals surface area contributed by atoms with E-state index in [2.05, 4.69) is 10.2 Å². The minimum Gasteiger partial charge on any atom is -0.488 e. The van der Waals surface area contributed by atoms with Gasteiger partial charge in [-0.05, 0) is 18.6 Å². The number of morpholine rings is 1. The third-order valence-electron chi connectivity index (χ3n) is 6.27. The Morgan fingerprint density at radius 1 is 1.12 bits per heavy atom. The molecular weight excluding hydrogens is 441 g/mol. The highest BCUT2D eigenvalue weighted by molar-refractivity contribution is 6.05. The molecule has 5 rings (SSSR count). The quantitative estimate of drug-likeness (QED) is 0.652. The van der Waals surface area contributed by atoms with Gasteiger partial charge < -0.3 is 14.4 Å². The van der Waals surface area contributed by atoms with Crippen molar-refractivity contribution in [3.63, 3.8) is 0 Å². The molecule has 0 bridgehead atoms. The lowest BCUT2D eigenvalue weighted by molar-refractivity contribution is -0.136. The summed E-state index contributed by atoms with van der Waals surface area (Å²) in [4.78, 5) is 40.1. The summed E-state index contributed by atoms with van der Waals surface area (Å²) in [6.07, 6.45) is 0.0390. The van der Waals surface area contributed by atoms with Gasteiger partial charge in [0.15, 0.2) is 0 Å². The number of rotatable bonds is 6. The number of ether oxygens (including phenoxy) is 2. The van der Waals surface area contributed by atoms with Gasteiger partial charge in [-0.1, -0.05) is 24.3 Å². The van der Waals surface area contributed by atoms with E-state index in [1.807, 2.05) is 0 Å². The first kappa shape index (κ1) is 20.1. The van der Waals surface area contributed by atoms with Crippen LogP contribution in [0.15, 0.2) is 36.4 Å². The molecule has 2 aromatic rings. The summed E-state index contributed by atoms with van der Waals surface area (Å²) in [7, 11) is 0. The van der Waals surface area contributed by atoms with Crippen molar-refractivity contribution < 1.29 is 31.0 Å². The number of imide groups is 1. The van der Waals surface area contributed by atoms with E-state index in [1.165, 1.54) is 12.1 Å². The van der Waals surface area contributed by atoms with E-state index in [-0.39, 0.29) is 42.1 Å². The zero-order valence-electron chi connectivity index (χ0n) is 20.5. The summed E-state index contributed by atoms with van der Waals surface area (Å²) in [6, 6.07) is 8.51. The molecule has 3 amide bonds. The van der Waals surface area contributed by atoms with Crippen LogP contribution >= 0.6 is 0 Å². The van der Waals surface area contributed by atoms with Gasteiger partial charge in [-0.25, -0.2) is 4.39 Å². The second kappa shape index (κ2) is 9.52. The number of piperidine rings is 1.